The predicted molar refractivity (Wildman–Crippen MR) is 99.9 cm³/mol. The largest absolute Gasteiger partial charge is 0.495 e. The SMILES string of the molecule is COc1ccc(C)cc1NC(=O)[C@@H]1C[C@H](O)CN1C(=O)Oc1ccccc1. The number of nitrogens with zero attached hydrogens (tertiary/aromatic N) is 1. The van der Waals surface area contributed by atoms with Gasteiger partial charge in [-0.3, -0.25) is 9.69 Å². The minimum absolute atomic E-state index is 0.0364. The van der Waals surface area contributed by atoms with Crippen LogP contribution >= 0.6 is 0 Å². The third kappa shape index (κ3) is 4.38. The Morgan fingerprint density at radius 2 is 1.93 bits per heavy atom. The van der Waals surface area contributed by atoms with Gasteiger partial charge in [-0.1, -0.05) is 24.3 Å². The van der Waals surface area contributed by atoms with E-state index in [4.69, 9.17) is 9.47 Å². The van der Waals surface area contributed by atoms with Gasteiger partial charge in [0.1, 0.15) is 17.5 Å². The maximum atomic E-state index is 12.8. The first-order valence-electron chi connectivity index (χ1n) is 8.65. The van der Waals surface area contributed by atoms with Crippen molar-refractivity contribution in [1.82, 2.24) is 4.90 Å². The van der Waals surface area contributed by atoms with Crippen molar-refractivity contribution in [2.75, 3.05) is 19.0 Å². The highest BCUT2D eigenvalue weighted by Crippen LogP contribution is 2.27. The Hall–Kier alpha value is -3.06. The molecule has 7 heteroatoms. The highest BCUT2D eigenvalue weighted by molar-refractivity contribution is 5.98. The standard InChI is InChI=1S/C20H22N2O5/c1-13-8-9-18(26-2)16(10-13)21-19(24)17-11-14(23)12-22(17)20(25)27-15-6-4-3-5-7-15/h3-10,14,17,23H,11-12H2,1-2H3,(H,21,24)/t14-,17-/m0/s1. The molecule has 0 aromatic heterocycles. The molecule has 1 aliphatic rings. The van der Waals surface area contributed by atoms with Crippen LogP contribution in [0.5, 0.6) is 11.5 Å². The number of likely N-dealkylation sites (tertiary alicyclic amines) is 1. The molecule has 2 N–H and O–H groups in total. The van der Waals surface area contributed by atoms with E-state index in [0.717, 1.165) is 5.56 Å². The normalized spacial score (nSPS) is 18.9. The Morgan fingerprint density at radius 1 is 1.19 bits per heavy atom. The second-order valence-corrected chi connectivity index (χ2v) is 6.43. The van der Waals surface area contributed by atoms with E-state index in [1.54, 1.807) is 36.4 Å². The molecular weight excluding hydrogens is 348 g/mol. The number of hydrogen-bond acceptors (Lipinski definition) is 5. The van der Waals surface area contributed by atoms with E-state index in [-0.39, 0.29) is 13.0 Å². The van der Waals surface area contributed by atoms with Crippen LogP contribution in [0.4, 0.5) is 10.5 Å². The number of methoxy groups -OCH3 is 1. The van der Waals surface area contributed by atoms with Crippen molar-refractivity contribution < 1.29 is 24.2 Å². The summed E-state index contributed by atoms with van der Waals surface area (Å²) in [7, 11) is 1.52. The summed E-state index contributed by atoms with van der Waals surface area (Å²) >= 11 is 0. The fourth-order valence-electron chi connectivity index (χ4n) is 3.05. The molecule has 1 heterocycles. The molecule has 0 bridgehead atoms. The summed E-state index contributed by atoms with van der Waals surface area (Å²) in [6.45, 7) is 1.94. The van der Waals surface area contributed by atoms with Crippen molar-refractivity contribution in [3.63, 3.8) is 0 Å². The van der Waals surface area contributed by atoms with E-state index in [0.29, 0.717) is 17.2 Å². The van der Waals surface area contributed by atoms with Crippen LogP contribution in [0.25, 0.3) is 0 Å². The summed E-state index contributed by atoms with van der Waals surface area (Å²) < 4.78 is 10.6. The first-order chi connectivity index (χ1) is 13.0. The van der Waals surface area contributed by atoms with E-state index in [2.05, 4.69) is 5.32 Å². The number of rotatable bonds is 4. The summed E-state index contributed by atoms with van der Waals surface area (Å²) in [6, 6.07) is 13.2. The van der Waals surface area contributed by atoms with Gasteiger partial charge >= 0.3 is 6.09 Å². The molecule has 2 atom stereocenters. The summed E-state index contributed by atoms with van der Waals surface area (Å²) in [5.74, 6) is 0.495. The van der Waals surface area contributed by atoms with Crippen LogP contribution in [0.2, 0.25) is 0 Å². The predicted octanol–water partition coefficient (Wildman–Crippen LogP) is 2.58. The molecule has 0 unspecified atom stereocenters. The molecule has 7 nitrogen and oxygen atoms in total. The number of hydrogen-bond donors (Lipinski definition) is 2. The van der Waals surface area contributed by atoms with Crippen molar-refractivity contribution in [3.8, 4) is 11.5 Å². The quantitative estimate of drug-likeness (QED) is 0.864. The Morgan fingerprint density at radius 3 is 2.63 bits per heavy atom. The lowest BCUT2D eigenvalue weighted by Gasteiger charge is -2.23. The van der Waals surface area contributed by atoms with Gasteiger partial charge in [0.15, 0.2) is 0 Å². The molecule has 0 radical (unpaired) electrons. The number of benzene rings is 2. The van der Waals surface area contributed by atoms with Gasteiger partial charge in [-0.05, 0) is 36.8 Å². The number of carbonyl (C=O) groups excluding carboxylic acids is 2. The zero-order valence-electron chi connectivity index (χ0n) is 15.2. The molecule has 2 aromatic carbocycles. The second-order valence-electron chi connectivity index (χ2n) is 6.43. The maximum absolute atomic E-state index is 12.8. The molecule has 0 spiro atoms. The van der Waals surface area contributed by atoms with Gasteiger partial charge in [0.25, 0.3) is 0 Å². The van der Waals surface area contributed by atoms with Gasteiger partial charge in [-0.15, -0.1) is 0 Å². The number of aliphatic hydroxyl groups excluding tert-OH is 1. The number of anilines is 1. The zero-order chi connectivity index (χ0) is 19.4. The van der Waals surface area contributed by atoms with Crippen molar-refractivity contribution >= 4 is 17.7 Å². The Bertz CT molecular complexity index is 824. The van der Waals surface area contributed by atoms with E-state index >= 15 is 0 Å². The van der Waals surface area contributed by atoms with Gasteiger partial charge in [0, 0.05) is 6.42 Å². The average molecular weight is 370 g/mol. The zero-order valence-corrected chi connectivity index (χ0v) is 15.2. The van der Waals surface area contributed by atoms with Crippen molar-refractivity contribution in [2.24, 2.45) is 0 Å². The van der Waals surface area contributed by atoms with Crippen LogP contribution < -0.4 is 14.8 Å². The lowest BCUT2D eigenvalue weighted by Crippen LogP contribution is -2.44. The molecule has 2 amide bonds. The van der Waals surface area contributed by atoms with E-state index in [1.165, 1.54) is 12.0 Å². The number of aryl methyl sites for hydroxylation is 1. The molecule has 2 aromatic rings. The van der Waals surface area contributed by atoms with Crippen molar-refractivity contribution in [2.45, 2.75) is 25.5 Å². The smallest absolute Gasteiger partial charge is 0.416 e. The number of para-hydroxylation sites is 1. The van der Waals surface area contributed by atoms with Crippen LogP contribution in [0.1, 0.15) is 12.0 Å². The maximum Gasteiger partial charge on any atom is 0.416 e. The second kappa shape index (κ2) is 8.09. The molecule has 27 heavy (non-hydrogen) atoms. The third-order valence-corrected chi connectivity index (χ3v) is 4.38. The van der Waals surface area contributed by atoms with Crippen molar-refractivity contribution in [1.29, 1.82) is 0 Å². The summed E-state index contributed by atoms with van der Waals surface area (Å²) in [5, 5.41) is 12.8. The third-order valence-electron chi connectivity index (χ3n) is 4.38. The van der Waals surface area contributed by atoms with E-state index in [1.807, 2.05) is 19.1 Å². The van der Waals surface area contributed by atoms with E-state index in [9.17, 15) is 14.7 Å². The van der Waals surface area contributed by atoms with Crippen LogP contribution in [0, 0.1) is 6.92 Å². The topological polar surface area (TPSA) is 88.1 Å². The van der Waals surface area contributed by atoms with Crippen LogP contribution in [0.3, 0.4) is 0 Å². The molecule has 1 saturated heterocycles. The first kappa shape index (κ1) is 18.7. The Kier molecular flexibility index (Phi) is 5.61. The summed E-state index contributed by atoms with van der Waals surface area (Å²) in [5.41, 5.74) is 1.47. The van der Waals surface area contributed by atoms with Gasteiger partial charge in [0.05, 0.1) is 25.4 Å². The number of carbonyl (C=O) groups is 2. The monoisotopic (exact) mass is 370 g/mol. The number of β-amino-alcohol motifs (C(OH)–C–C–N with tert-alkyl or cyclic N) is 1. The minimum atomic E-state index is -0.832. The van der Waals surface area contributed by atoms with Gasteiger partial charge < -0.3 is 19.9 Å². The van der Waals surface area contributed by atoms with Crippen LogP contribution in [-0.2, 0) is 4.79 Å². The summed E-state index contributed by atoms with van der Waals surface area (Å²) in [6.07, 6.45) is -1.32. The molecule has 0 aliphatic carbocycles. The fraction of sp³-hybridized carbons (Fsp3) is 0.300. The average Bonchev–Trinajstić information content (AvgIpc) is 3.05. The highest BCUT2D eigenvalue weighted by Gasteiger charge is 2.40. The lowest BCUT2D eigenvalue weighted by molar-refractivity contribution is -0.119. The number of amides is 2. The van der Waals surface area contributed by atoms with Crippen molar-refractivity contribution in [3.05, 3.63) is 54.1 Å². The van der Waals surface area contributed by atoms with Gasteiger partial charge in [-0.2, -0.15) is 0 Å². The number of aliphatic hydroxyl groups is 1. The van der Waals surface area contributed by atoms with Crippen LogP contribution in [-0.4, -0.2) is 47.8 Å². The lowest BCUT2D eigenvalue weighted by atomic mass is 10.1. The molecule has 3 rings (SSSR count). The highest BCUT2D eigenvalue weighted by atomic mass is 16.6. The Balaban J connectivity index is 1.74. The number of nitrogens with one attached hydrogen (secondary N) is 1. The minimum Gasteiger partial charge on any atom is -0.495 e. The first-order valence-corrected chi connectivity index (χ1v) is 8.65. The van der Waals surface area contributed by atoms with Crippen LogP contribution in [0.15, 0.2) is 48.5 Å². The molecule has 1 aliphatic heterocycles. The van der Waals surface area contributed by atoms with E-state index < -0.39 is 24.1 Å². The molecular formula is C20H22N2O5. The Labute approximate surface area is 157 Å². The number of ether oxygens (including phenoxy) is 2. The summed E-state index contributed by atoms with van der Waals surface area (Å²) in [4.78, 5) is 26.5. The van der Waals surface area contributed by atoms with Gasteiger partial charge in [0.2, 0.25) is 5.91 Å². The molecule has 142 valence electrons. The molecule has 1 fully saturated rings. The molecule has 0 saturated carbocycles. The fourth-order valence-corrected chi connectivity index (χ4v) is 3.05. The van der Waals surface area contributed by atoms with Gasteiger partial charge in [-0.25, -0.2) is 4.79 Å².